The van der Waals surface area contributed by atoms with Crippen LogP contribution >= 0.6 is 11.6 Å². The first kappa shape index (κ1) is 19.6. The fourth-order valence-electron chi connectivity index (χ4n) is 2.39. The second-order valence-corrected chi connectivity index (χ2v) is 5.99. The summed E-state index contributed by atoms with van der Waals surface area (Å²) in [5.74, 6) is 0.511. The Balaban J connectivity index is 2.11. The second-order valence-electron chi connectivity index (χ2n) is 5.58. The maximum Gasteiger partial charge on any atom is 0.244 e. The van der Waals surface area contributed by atoms with Gasteiger partial charge in [0.25, 0.3) is 0 Å². The van der Waals surface area contributed by atoms with Gasteiger partial charge in [0.05, 0.1) is 19.9 Å². The summed E-state index contributed by atoms with van der Waals surface area (Å²) in [6.07, 6.45) is 0. The molecule has 0 saturated heterocycles. The third-order valence-corrected chi connectivity index (χ3v) is 4.15. The summed E-state index contributed by atoms with van der Waals surface area (Å²) in [6.45, 7) is 1.55. The van der Waals surface area contributed by atoms with Crippen LogP contribution in [0.2, 0.25) is 5.02 Å². The SMILES string of the molecule is COc1ccc(OC)c(NC(=O)CN(Cc2ccccc2Cl)C(C)=O)c1. The Bertz CT molecular complexity index is 795. The van der Waals surface area contributed by atoms with Crippen LogP contribution in [0, 0.1) is 0 Å². The minimum Gasteiger partial charge on any atom is -0.497 e. The molecule has 2 amide bonds. The summed E-state index contributed by atoms with van der Waals surface area (Å²) < 4.78 is 10.4. The molecule has 138 valence electrons. The van der Waals surface area contributed by atoms with Crippen LogP contribution in [-0.4, -0.2) is 37.5 Å². The average Bonchev–Trinajstić information content (AvgIpc) is 2.62. The molecule has 0 aliphatic carbocycles. The molecule has 0 heterocycles. The first-order valence-corrected chi connectivity index (χ1v) is 8.33. The molecule has 0 radical (unpaired) electrons. The number of ether oxygens (including phenoxy) is 2. The molecule has 0 aliphatic heterocycles. The Morgan fingerprint density at radius 2 is 1.85 bits per heavy atom. The van der Waals surface area contributed by atoms with Gasteiger partial charge in [0.1, 0.15) is 18.0 Å². The van der Waals surface area contributed by atoms with Crippen molar-refractivity contribution in [2.45, 2.75) is 13.5 Å². The number of anilines is 1. The van der Waals surface area contributed by atoms with Gasteiger partial charge in [-0.25, -0.2) is 0 Å². The van der Waals surface area contributed by atoms with Crippen molar-refractivity contribution in [3.05, 3.63) is 53.1 Å². The van der Waals surface area contributed by atoms with Crippen molar-refractivity contribution in [1.82, 2.24) is 4.90 Å². The smallest absolute Gasteiger partial charge is 0.244 e. The Morgan fingerprint density at radius 3 is 2.46 bits per heavy atom. The van der Waals surface area contributed by atoms with Crippen LogP contribution in [0.25, 0.3) is 0 Å². The number of carbonyl (C=O) groups excluding carboxylic acids is 2. The van der Waals surface area contributed by atoms with Crippen LogP contribution in [0.1, 0.15) is 12.5 Å². The van der Waals surface area contributed by atoms with E-state index in [1.807, 2.05) is 18.2 Å². The molecule has 26 heavy (non-hydrogen) atoms. The molecular weight excluding hydrogens is 356 g/mol. The number of rotatable bonds is 7. The molecule has 0 aromatic heterocycles. The first-order valence-electron chi connectivity index (χ1n) is 7.95. The van der Waals surface area contributed by atoms with Gasteiger partial charge in [-0.1, -0.05) is 29.8 Å². The highest BCUT2D eigenvalue weighted by Crippen LogP contribution is 2.28. The summed E-state index contributed by atoms with van der Waals surface area (Å²) in [5.41, 5.74) is 1.24. The number of nitrogens with one attached hydrogen (secondary N) is 1. The van der Waals surface area contributed by atoms with Gasteiger partial charge in [0.15, 0.2) is 0 Å². The third kappa shape index (κ3) is 5.13. The molecule has 2 rings (SSSR count). The topological polar surface area (TPSA) is 67.9 Å². The lowest BCUT2D eigenvalue weighted by molar-refractivity contribution is -0.133. The molecule has 2 aromatic rings. The van der Waals surface area contributed by atoms with Crippen LogP contribution in [-0.2, 0) is 16.1 Å². The molecule has 2 aromatic carbocycles. The molecule has 0 aliphatic rings. The van der Waals surface area contributed by atoms with Crippen molar-refractivity contribution in [2.75, 3.05) is 26.1 Å². The van der Waals surface area contributed by atoms with Gasteiger partial charge in [-0.3, -0.25) is 9.59 Å². The van der Waals surface area contributed by atoms with Crippen molar-refractivity contribution < 1.29 is 19.1 Å². The number of nitrogens with zero attached hydrogens (tertiary/aromatic N) is 1. The highest BCUT2D eigenvalue weighted by molar-refractivity contribution is 6.31. The van der Waals surface area contributed by atoms with Crippen molar-refractivity contribution in [2.24, 2.45) is 0 Å². The van der Waals surface area contributed by atoms with Gasteiger partial charge >= 0.3 is 0 Å². The van der Waals surface area contributed by atoms with E-state index in [0.29, 0.717) is 22.2 Å². The summed E-state index contributed by atoms with van der Waals surface area (Å²) in [5, 5.41) is 3.30. The lowest BCUT2D eigenvalue weighted by Gasteiger charge is -2.21. The van der Waals surface area contributed by atoms with E-state index < -0.39 is 0 Å². The summed E-state index contributed by atoms with van der Waals surface area (Å²) in [7, 11) is 3.05. The van der Waals surface area contributed by atoms with E-state index in [4.69, 9.17) is 21.1 Å². The minimum absolute atomic E-state index is 0.110. The standard InChI is InChI=1S/C19H21ClN2O4/c1-13(23)22(11-14-6-4-5-7-16(14)20)12-19(24)21-17-10-15(25-2)8-9-18(17)26-3/h4-10H,11-12H2,1-3H3,(H,21,24). The zero-order chi connectivity index (χ0) is 19.1. The van der Waals surface area contributed by atoms with Crippen LogP contribution in [0.3, 0.4) is 0 Å². The number of benzene rings is 2. The average molecular weight is 377 g/mol. The number of carbonyl (C=O) groups is 2. The monoisotopic (exact) mass is 376 g/mol. The van der Waals surface area contributed by atoms with Crippen molar-refractivity contribution >= 4 is 29.1 Å². The number of halogens is 1. The molecule has 0 spiro atoms. The molecule has 7 heteroatoms. The third-order valence-electron chi connectivity index (χ3n) is 3.78. The molecule has 1 N–H and O–H groups in total. The highest BCUT2D eigenvalue weighted by atomic mass is 35.5. The molecule has 0 fully saturated rings. The van der Waals surface area contributed by atoms with Crippen LogP contribution in [0.4, 0.5) is 5.69 Å². The Hall–Kier alpha value is -2.73. The van der Waals surface area contributed by atoms with Crippen LogP contribution in [0.5, 0.6) is 11.5 Å². The highest BCUT2D eigenvalue weighted by Gasteiger charge is 2.17. The van der Waals surface area contributed by atoms with E-state index in [9.17, 15) is 9.59 Å². The van der Waals surface area contributed by atoms with Crippen LogP contribution in [0.15, 0.2) is 42.5 Å². The van der Waals surface area contributed by atoms with Gasteiger partial charge in [-0.2, -0.15) is 0 Å². The van der Waals surface area contributed by atoms with Gasteiger partial charge in [-0.05, 0) is 23.8 Å². The fourth-order valence-corrected chi connectivity index (χ4v) is 2.58. The summed E-state index contributed by atoms with van der Waals surface area (Å²) in [6, 6.07) is 12.3. The lowest BCUT2D eigenvalue weighted by atomic mass is 10.2. The zero-order valence-corrected chi connectivity index (χ0v) is 15.7. The Labute approximate surface area is 157 Å². The fraction of sp³-hybridized carbons (Fsp3) is 0.263. The number of methoxy groups -OCH3 is 2. The number of hydrogen-bond acceptors (Lipinski definition) is 4. The van der Waals surface area contributed by atoms with E-state index in [2.05, 4.69) is 5.32 Å². The molecular formula is C19H21ClN2O4. The molecule has 0 unspecified atom stereocenters. The minimum atomic E-state index is -0.348. The largest absolute Gasteiger partial charge is 0.497 e. The van der Waals surface area contributed by atoms with Gasteiger partial charge in [-0.15, -0.1) is 0 Å². The Morgan fingerprint density at radius 1 is 1.12 bits per heavy atom. The quantitative estimate of drug-likeness (QED) is 0.804. The zero-order valence-electron chi connectivity index (χ0n) is 14.9. The van der Waals surface area contributed by atoms with Crippen molar-refractivity contribution in [3.8, 4) is 11.5 Å². The second kappa shape index (κ2) is 9.10. The van der Waals surface area contributed by atoms with Gasteiger partial charge in [0, 0.05) is 24.6 Å². The molecule has 0 atom stereocenters. The molecule has 6 nitrogen and oxygen atoms in total. The number of amides is 2. The maximum atomic E-state index is 12.4. The summed E-state index contributed by atoms with van der Waals surface area (Å²) >= 11 is 6.14. The van der Waals surface area contributed by atoms with E-state index in [0.717, 1.165) is 5.56 Å². The van der Waals surface area contributed by atoms with E-state index in [-0.39, 0.29) is 24.9 Å². The Kier molecular flexibility index (Phi) is 6.86. The maximum absolute atomic E-state index is 12.4. The lowest BCUT2D eigenvalue weighted by Crippen LogP contribution is -2.36. The predicted octanol–water partition coefficient (Wildman–Crippen LogP) is 3.34. The van der Waals surface area contributed by atoms with E-state index in [1.54, 1.807) is 24.3 Å². The van der Waals surface area contributed by atoms with Crippen LogP contribution < -0.4 is 14.8 Å². The first-order chi connectivity index (χ1) is 12.4. The molecule has 0 saturated carbocycles. The van der Waals surface area contributed by atoms with Gasteiger partial charge < -0.3 is 19.7 Å². The van der Waals surface area contributed by atoms with Crippen molar-refractivity contribution in [1.29, 1.82) is 0 Å². The van der Waals surface area contributed by atoms with Crippen molar-refractivity contribution in [3.63, 3.8) is 0 Å². The van der Waals surface area contributed by atoms with E-state index in [1.165, 1.54) is 26.0 Å². The predicted molar refractivity (Wildman–Crippen MR) is 101 cm³/mol. The normalized spacial score (nSPS) is 10.2. The number of hydrogen-bond donors (Lipinski definition) is 1. The van der Waals surface area contributed by atoms with E-state index >= 15 is 0 Å². The molecule has 0 bridgehead atoms. The van der Waals surface area contributed by atoms with Gasteiger partial charge in [0.2, 0.25) is 11.8 Å². The summed E-state index contributed by atoms with van der Waals surface area (Å²) in [4.78, 5) is 25.8.